The van der Waals surface area contributed by atoms with Crippen molar-refractivity contribution in [3.05, 3.63) is 52.8 Å². The lowest BCUT2D eigenvalue weighted by Gasteiger charge is -2.46. The maximum atomic E-state index is 14.0. The van der Waals surface area contributed by atoms with Gasteiger partial charge < -0.3 is 19.6 Å². The topological polar surface area (TPSA) is 74.6 Å². The number of carbonyl (C=O) groups is 1. The molecule has 7 nitrogen and oxygen atoms in total. The first-order valence-corrected chi connectivity index (χ1v) is 14.5. The fourth-order valence-corrected chi connectivity index (χ4v) is 6.48. The molecule has 1 N–H and O–H groups in total. The third-order valence-corrected chi connectivity index (χ3v) is 9.07. The van der Waals surface area contributed by atoms with Gasteiger partial charge in [0.1, 0.15) is 17.4 Å². The van der Waals surface area contributed by atoms with E-state index in [1.54, 1.807) is 13.8 Å². The highest BCUT2D eigenvalue weighted by Crippen LogP contribution is 2.51. The summed E-state index contributed by atoms with van der Waals surface area (Å²) in [5.41, 5.74) is -0.0368. The van der Waals surface area contributed by atoms with E-state index in [0.29, 0.717) is 69.4 Å². The number of amidine groups is 1. The van der Waals surface area contributed by atoms with Gasteiger partial charge in [-0.2, -0.15) is 13.2 Å². The minimum Gasteiger partial charge on any atom is -0.493 e. The van der Waals surface area contributed by atoms with Crippen molar-refractivity contribution in [1.29, 1.82) is 0 Å². The van der Waals surface area contributed by atoms with Crippen LogP contribution in [0.15, 0.2) is 35.5 Å². The number of carboxylic acid groups (broad SMARTS) is 1. The predicted molar refractivity (Wildman–Crippen MR) is 148 cm³/mol. The standard InChI is InChI=1S/C31H35F4N3O4/c1-3-41-25-13-19(12-23(20-4-5-20)27(25)22-7-6-21(32)14-24(22)31(33,34)35)16-37-17-30(18-37)15-26(36-42-30)38-10-8-29(2,9-11-38)28(39)40/h6-7,12-14,20H,3-5,8-11,15-18H2,1-2H3,(H,39,40). The van der Waals surface area contributed by atoms with Crippen molar-refractivity contribution in [2.75, 3.05) is 32.8 Å². The van der Waals surface area contributed by atoms with Gasteiger partial charge >= 0.3 is 12.1 Å². The number of likely N-dealkylation sites (tertiary alicyclic amines) is 2. The van der Waals surface area contributed by atoms with Gasteiger partial charge in [0.25, 0.3) is 0 Å². The Balaban J connectivity index is 1.17. The molecule has 226 valence electrons. The van der Waals surface area contributed by atoms with Gasteiger partial charge in [-0.15, -0.1) is 0 Å². The van der Waals surface area contributed by atoms with Crippen molar-refractivity contribution < 1.29 is 37.0 Å². The fraction of sp³-hybridized carbons (Fsp3) is 0.548. The highest BCUT2D eigenvalue weighted by atomic mass is 19.4. The number of hydrogen-bond acceptors (Lipinski definition) is 6. The van der Waals surface area contributed by atoms with Crippen molar-refractivity contribution in [2.45, 2.75) is 70.2 Å². The Labute approximate surface area is 242 Å². The molecule has 0 aromatic heterocycles. The molecule has 11 heteroatoms. The Morgan fingerprint density at radius 3 is 2.50 bits per heavy atom. The summed E-state index contributed by atoms with van der Waals surface area (Å²) in [6, 6.07) is 6.62. The van der Waals surface area contributed by atoms with Crippen LogP contribution >= 0.6 is 0 Å². The third kappa shape index (κ3) is 5.43. The van der Waals surface area contributed by atoms with Gasteiger partial charge in [-0.1, -0.05) is 17.3 Å². The van der Waals surface area contributed by atoms with Crippen LogP contribution in [0.2, 0.25) is 0 Å². The molecular weight excluding hydrogens is 554 g/mol. The second-order valence-corrected chi connectivity index (χ2v) is 12.4. The Kier molecular flexibility index (Phi) is 7.14. The molecule has 1 saturated carbocycles. The maximum absolute atomic E-state index is 14.0. The molecule has 42 heavy (non-hydrogen) atoms. The van der Waals surface area contributed by atoms with Gasteiger partial charge in [0.2, 0.25) is 0 Å². The summed E-state index contributed by atoms with van der Waals surface area (Å²) in [5.74, 6) is -0.316. The van der Waals surface area contributed by atoms with Gasteiger partial charge in [0.05, 0.1) is 24.0 Å². The zero-order valence-electron chi connectivity index (χ0n) is 23.8. The van der Waals surface area contributed by atoms with E-state index in [4.69, 9.17) is 9.57 Å². The van der Waals surface area contributed by atoms with Gasteiger partial charge in [0, 0.05) is 38.3 Å². The van der Waals surface area contributed by atoms with Crippen LogP contribution in [0.5, 0.6) is 5.75 Å². The number of halogens is 4. The molecule has 0 atom stereocenters. The first kappa shape index (κ1) is 28.8. The number of aliphatic carboxylic acids is 1. The number of hydrogen-bond donors (Lipinski definition) is 1. The van der Waals surface area contributed by atoms with Crippen molar-refractivity contribution in [3.8, 4) is 16.9 Å². The molecule has 4 aliphatic rings. The van der Waals surface area contributed by atoms with Crippen molar-refractivity contribution in [1.82, 2.24) is 9.80 Å². The van der Waals surface area contributed by atoms with Crippen LogP contribution in [0.3, 0.4) is 0 Å². The number of nitrogens with zero attached hydrogens (tertiary/aromatic N) is 3. The van der Waals surface area contributed by atoms with E-state index in [-0.39, 0.29) is 18.1 Å². The highest BCUT2D eigenvalue weighted by molar-refractivity contribution is 5.85. The van der Waals surface area contributed by atoms with E-state index < -0.39 is 34.5 Å². The average Bonchev–Trinajstić information content (AvgIpc) is 3.67. The fourth-order valence-electron chi connectivity index (χ4n) is 6.48. The number of piperidine rings is 1. The summed E-state index contributed by atoms with van der Waals surface area (Å²) >= 11 is 0. The highest BCUT2D eigenvalue weighted by Gasteiger charge is 2.51. The number of rotatable bonds is 7. The number of oxime groups is 1. The van der Waals surface area contributed by atoms with Crippen LogP contribution in [-0.2, 0) is 22.4 Å². The van der Waals surface area contributed by atoms with Crippen molar-refractivity contribution in [3.63, 3.8) is 0 Å². The molecule has 3 aliphatic heterocycles. The molecule has 0 amide bonds. The number of carboxylic acids is 1. The summed E-state index contributed by atoms with van der Waals surface area (Å²) in [4.78, 5) is 21.8. The first-order chi connectivity index (χ1) is 19.9. The average molecular weight is 590 g/mol. The molecule has 0 radical (unpaired) electrons. The molecule has 3 heterocycles. The molecule has 0 unspecified atom stereocenters. The maximum Gasteiger partial charge on any atom is 0.417 e. The number of ether oxygens (including phenoxy) is 1. The van der Waals surface area contributed by atoms with E-state index in [0.717, 1.165) is 35.9 Å². The second-order valence-electron chi connectivity index (χ2n) is 12.4. The Bertz CT molecular complexity index is 1410. The van der Waals surface area contributed by atoms with Gasteiger partial charge in [0.15, 0.2) is 5.60 Å². The van der Waals surface area contributed by atoms with Crippen LogP contribution in [0, 0.1) is 11.2 Å². The van der Waals surface area contributed by atoms with Crippen LogP contribution in [0.4, 0.5) is 17.6 Å². The minimum absolute atomic E-state index is 0.0610. The summed E-state index contributed by atoms with van der Waals surface area (Å²) in [5, 5.41) is 13.9. The number of alkyl halides is 3. The van der Waals surface area contributed by atoms with E-state index in [2.05, 4.69) is 15.0 Å². The second kappa shape index (κ2) is 10.4. The number of benzene rings is 2. The van der Waals surface area contributed by atoms with Crippen LogP contribution in [0.25, 0.3) is 11.1 Å². The predicted octanol–water partition coefficient (Wildman–Crippen LogP) is 6.26. The molecule has 1 aliphatic carbocycles. The monoisotopic (exact) mass is 589 g/mol. The van der Waals surface area contributed by atoms with Gasteiger partial charge in [-0.05, 0) is 80.3 Å². The lowest BCUT2D eigenvalue weighted by molar-refractivity contribution is -0.150. The van der Waals surface area contributed by atoms with Crippen LogP contribution in [0.1, 0.15) is 68.6 Å². The zero-order valence-corrected chi connectivity index (χ0v) is 23.8. The SMILES string of the molecule is CCOc1cc(CN2CC3(CC(N4CCC(C)(C(=O)O)CC4)=NO3)C2)cc(C2CC2)c1-c1ccc(F)cc1C(F)(F)F. The zero-order chi connectivity index (χ0) is 29.9. The summed E-state index contributed by atoms with van der Waals surface area (Å²) in [6.07, 6.45) is -1.16. The molecular formula is C31H35F4N3O4. The molecule has 1 spiro atoms. The summed E-state index contributed by atoms with van der Waals surface area (Å²) < 4.78 is 61.8. The van der Waals surface area contributed by atoms with E-state index >= 15 is 0 Å². The van der Waals surface area contributed by atoms with E-state index in [1.807, 2.05) is 12.1 Å². The Hall–Kier alpha value is -3.34. The normalized spacial score (nSPS) is 21.6. The van der Waals surface area contributed by atoms with E-state index in [1.165, 1.54) is 6.07 Å². The summed E-state index contributed by atoms with van der Waals surface area (Å²) in [6.45, 7) is 7.02. The Morgan fingerprint density at radius 2 is 1.88 bits per heavy atom. The first-order valence-electron chi connectivity index (χ1n) is 14.5. The van der Waals surface area contributed by atoms with Gasteiger partial charge in [-0.25, -0.2) is 4.39 Å². The lowest BCUT2D eigenvalue weighted by atomic mass is 9.80. The molecule has 0 bridgehead atoms. The molecule has 2 aromatic carbocycles. The van der Waals surface area contributed by atoms with Crippen molar-refractivity contribution >= 4 is 11.8 Å². The lowest BCUT2D eigenvalue weighted by Crippen LogP contribution is -2.61. The van der Waals surface area contributed by atoms with Gasteiger partial charge in [-0.3, -0.25) is 9.69 Å². The molecule has 2 aromatic rings. The summed E-state index contributed by atoms with van der Waals surface area (Å²) in [7, 11) is 0. The largest absolute Gasteiger partial charge is 0.493 e. The van der Waals surface area contributed by atoms with Crippen LogP contribution in [-0.4, -0.2) is 65.1 Å². The minimum atomic E-state index is -4.71. The van der Waals surface area contributed by atoms with E-state index in [9.17, 15) is 27.5 Å². The Morgan fingerprint density at radius 1 is 1.17 bits per heavy atom. The molecule has 2 saturated heterocycles. The smallest absolute Gasteiger partial charge is 0.417 e. The van der Waals surface area contributed by atoms with Crippen LogP contribution < -0.4 is 4.74 Å². The molecule has 3 fully saturated rings. The quantitative estimate of drug-likeness (QED) is 0.384. The third-order valence-electron chi connectivity index (χ3n) is 9.07. The van der Waals surface area contributed by atoms with Crippen molar-refractivity contribution in [2.24, 2.45) is 10.6 Å². The molecule has 6 rings (SSSR count).